The van der Waals surface area contributed by atoms with Gasteiger partial charge in [0.15, 0.2) is 0 Å². The molecule has 0 atom stereocenters. The van der Waals surface area contributed by atoms with E-state index in [9.17, 15) is 0 Å². The Morgan fingerprint density at radius 2 is 2.12 bits per heavy atom. The molecule has 0 bridgehead atoms. The largest absolute Gasteiger partial charge is 0.227 e. The Kier molecular flexibility index (Phi) is 3.49. The van der Waals surface area contributed by atoms with Gasteiger partial charge in [-0.2, -0.15) is 5.10 Å². The van der Waals surface area contributed by atoms with Crippen LogP contribution in [-0.2, 0) is 0 Å². The molecule has 1 aromatic heterocycles. The molecule has 0 N–H and O–H groups in total. The molecule has 16 heavy (non-hydrogen) atoms. The Balaban J connectivity index is 2.37. The van der Waals surface area contributed by atoms with Crippen LogP contribution in [-0.4, -0.2) is 14.8 Å². The number of halogens is 3. The molecule has 3 nitrogen and oxygen atoms in total. The van der Waals surface area contributed by atoms with Crippen LogP contribution < -0.4 is 0 Å². The molecule has 0 aliphatic heterocycles. The Labute approximate surface area is 107 Å². The third-order valence-electron chi connectivity index (χ3n) is 1.87. The quantitative estimate of drug-likeness (QED) is 0.834. The highest BCUT2D eigenvalue weighted by Gasteiger charge is 2.05. The third kappa shape index (κ3) is 2.55. The molecule has 82 valence electrons. The van der Waals surface area contributed by atoms with E-state index in [1.807, 2.05) is 0 Å². The average Bonchev–Trinajstić information content (AvgIpc) is 2.70. The van der Waals surface area contributed by atoms with Crippen molar-refractivity contribution < 1.29 is 0 Å². The molecule has 0 saturated heterocycles. The van der Waals surface area contributed by atoms with Crippen molar-refractivity contribution in [2.75, 3.05) is 0 Å². The lowest BCUT2D eigenvalue weighted by Gasteiger charge is -2.03. The molecule has 6 heteroatoms. The van der Waals surface area contributed by atoms with Gasteiger partial charge >= 0.3 is 0 Å². The molecular formula is C10H6Cl3N3. The average molecular weight is 275 g/mol. The lowest BCUT2D eigenvalue weighted by atomic mass is 10.2. The summed E-state index contributed by atoms with van der Waals surface area (Å²) in [6, 6.07) is 5.11. The predicted octanol–water partition coefficient (Wildman–Crippen LogP) is 3.78. The van der Waals surface area contributed by atoms with Gasteiger partial charge in [-0.25, -0.2) is 9.67 Å². The van der Waals surface area contributed by atoms with E-state index in [-0.39, 0.29) is 0 Å². The summed E-state index contributed by atoms with van der Waals surface area (Å²) in [5, 5.41) is 5.43. The van der Waals surface area contributed by atoms with Gasteiger partial charge < -0.3 is 0 Å². The summed E-state index contributed by atoms with van der Waals surface area (Å²) >= 11 is 17.9. The number of hydrogen-bond donors (Lipinski definition) is 0. The Hall–Kier alpha value is -1.03. The van der Waals surface area contributed by atoms with E-state index >= 15 is 0 Å². The van der Waals surface area contributed by atoms with Gasteiger partial charge in [0.1, 0.15) is 12.7 Å². The maximum Gasteiger partial charge on any atom is 0.138 e. The van der Waals surface area contributed by atoms with Gasteiger partial charge in [0, 0.05) is 16.8 Å². The Morgan fingerprint density at radius 1 is 1.31 bits per heavy atom. The molecule has 1 heterocycles. The zero-order chi connectivity index (χ0) is 11.5. The molecule has 1 aromatic carbocycles. The van der Waals surface area contributed by atoms with Crippen molar-refractivity contribution in [2.24, 2.45) is 0 Å². The Bertz CT molecular complexity index is 520. The first-order valence-corrected chi connectivity index (χ1v) is 5.47. The highest BCUT2D eigenvalue weighted by atomic mass is 35.5. The molecular weight excluding hydrogens is 268 g/mol. The number of rotatable bonds is 2. The molecule has 0 radical (unpaired) electrons. The number of aromatic nitrogens is 3. The van der Waals surface area contributed by atoms with Gasteiger partial charge in [-0.15, -0.1) is 0 Å². The molecule has 0 aliphatic carbocycles. The first-order chi connectivity index (χ1) is 7.66. The van der Waals surface area contributed by atoms with Gasteiger partial charge in [-0.3, -0.25) is 0 Å². The van der Waals surface area contributed by atoms with Crippen molar-refractivity contribution in [1.82, 2.24) is 14.8 Å². The lowest BCUT2D eigenvalue weighted by molar-refractivity contribution is 0.936. The molecule has 0 unspecified atom stereocenters. The zero-order valence-corrected chi connectivity index (χ0v) is 10.2. The van der Waals surface area contributed by atoms with Crippen LogP contribution in [0.5, 0.6) is 0 Å². The summed E-state index contributed by atoms with van der Waals surface area (Å²) in [7, 11) is 0. The summed E-state index contributed by atoms with van der Waals surface area (Å²) < 4.78 is 1.49. The van der Waals surface area contributed by atoms with Gasteiger partial charge in [-0.05, 0) is 12.1 Å². The molecule has 0 saturated carbocycles. The maximum absolute atomic E-state index is 6.10. The maximum atomic E-state index is 6.10. The van der Waals surface area contributed by atoms with Crippen molar-refractivity contribution in [1.29, 1.82) is 0 Å². The van der Waals surface area contributed by atoms with E-state index in [1.165, 1.54) is 17.3 Å². The molecule has 2 rings (SSSR count). The van der Waals surface area contributed by atoms with E-state index in [0.29, 0.717) is 20.6 Å². The lowest BCUT2D eigenvalue weighted by Crippen LogP contribution is -1.88. The van der Waals surface area contributed by atoms with Crippen LogP contribution in [0.3, 0.4) is 0 Å². The van der Waals surface area contributed by atoms with Crippen molar-refractivity contribution in [3.05, 3.63) is 46.5 Å². The van der Waals surface area contributed by atoms with Crippen LogP contribution >= 0.6 is 34.8 Å². The van der Waals surface area contributed by atoms with Crippen LogP contribution in [0.2, 0.25) is 10.0 Å². The predicted molar refractivity (Wildman–Crippen MR) is 66.5 cm³/mol. The normalized spacial score (nSPS) is 11.8. The van der Waals surface area contributed by atoms with Crippen molar-refractivity contribution in [3.63, 3.8) is 0 Å². The monoisotopic (exact) mass is 273 g/mol. The minimum absolute atomic E-state index is 0.465. The SMILES string of the molecule is Cl/C(=C\n1cncn1)c1ccc(Cl)cc1Cl. The Morgan fingerprint density at radius 3 is 2.75 bits per heavy atom. The molecule has 2 aromatic rings. The minimum Gasteiger partial charge on any atom is -0.227 e. The van der Waals surface area contributed by atoms with E-state index in [1.54, 1.807) is 24.4 Å². The molecule has 0 fully saturated rings. The van der Waals surface area contributed by atoms with Gasteiger partial charge in [0.05, 0.1) is 10.1 Å². The summed E-state index contributed by atoms with van der Waals surface area (Å²) in [6.45, 7) is 0. The van der Waals surface area contributed by atoms with E-state index in [4.69, 9.17) is 34.8 Å². The highest BCUT2D eigenvalue weighted by molar-refractivity contribution is 6.52. The summed E-state index contributed by atoms with van der Waals surface area (Å²) in [6.07, 6.45) is 4.57. The van der Waals surface area contributed by atoms with Crippen LogP contribution in [0, 0.1) is 0 Å². The summed E-state index contributed by atoms with van der Waals surface area (Å²) in [5.74, 6) is 0. The van der Waals surface area contributed by atoms with Crippen LogP contribution in [0.4, 0.5) is 0 Å². The molecule has 0 aliphatic rings. The van der Waals surface area contributed by atoms with Crippen LogP contribution in [0.25, 0.3) is 11.2 Å². The minimum atomic E-state index is 0.465. The second-order valence-corrected chi connectivity index (χ2v) is 4.23. The van der Waals surface area contributed by atoms with Crippen molar-refractivity contribution >= 4 is 46.0 Å². The fourth-order valence-electron chi connectivity index (χ4n) is 1.15. The van der Waals surface area contributed by atoms with Crippen LogP contribution in [0.1, 0.15) is 5.56 Å². The van der Waals surface area contributed by atoms with Crippen molar-refractivity contribution in [3.8, 4) is 0 Å². The molecule has 0 spiro atoms. The van der Waals surface area contributed by atoms with Gasteiger partial charge in [0.25, 0.3) is 0 Å². The summed E-state index contributed by atoms with van der Waals surface area (Å²) in [4.78, 5) is 3.80. The fourth-order valence-corrected chi connectivity index (χ4v) is 1.98. The van der Waals surface area contributed by atoms with Gasteiger partial charge in [0.2, 0.25) is 0 Å². The second kappa shape index (κ2) is 4.87. The zero-order valence-electron chi connectivity index (χ0n) is 7.94. The first-order valence-electron chi connectivity index (χ1n) is 4.33. The number of benzene rings is 1. The van der Waals surface area contributed by atoms with Gasteiger partial charge in [-0.1, -0.05) is 40.9 Å². The number of nitrogens with zero attached hydrogens (tertiary/aromatic N) is 3. The summed E-state index contributed by atoms with van der Waals surface area (Å²) in [5.41, 5.74) is 0.697. The van der Waals surface area contributed by atoms with E-state index in [2.05, 4.69) is 10.1 Å². The fraction of sp³-hybridized carbons (Fsp3) is 0. The van der Waals surface area contributed by atoms with E-state index in [0.717, 1.165) is 0 Å². The second-order valence-electron chi connectivity index (χ2n) is 2.98. The molecule has 0 amide bonds. The van der Waals surface area contributed by atoms with E-state index < -0.39 is 0 Å². The third-order valence-corrected chi connectivity index (χ3v) is 2.72. The first kappa shape index (κ1) is 11.5. The van der Waals surface area contributed by atoms with Crippen LogP contribution in [0.15, 0.2) is 30.9 Å². The van der Waals surface area contributed by atoms with Crippen molar-refractivity contribution in [2.45, 2.75) is 0 Å². The number of hydrogen-bond acceptors (Lipinski definition) is 2. The highest BCUT2D eigenvalue weighted by Crippen LogP contribution is 2.29. The smallest absolute Gasteiger partial charge is 0.138 e. The topological polar surface area (TPSA) is 30.7 Å². The standard InChI is InChI=1S/C10H6Cl3N3/c11-7-1-2-8(9(12)3-7)10(13)4-16-6-14-5-15-16/h1-6H/b10-4-.